The van der Waals surface area contributed by atoms with E-state index in [1.807, 2.05) is 22.9 Å². The highest BCUT2D eigenvalue weighted by Gasteiger charge is 2.12. The molecule has 0 spiro atoms. The van der Waals surface area contributed by atoms with Gasteiger partial charge in [-0.05, 0) is 24.5 Å². The van der Waals surface area contributed by atoms with E-state index in [4.69, 9.17) is 5.11 Å². The van der Waals surface area contributed by atoms with E-state index in [0.717, 1.165) is 25.0 Å². The molecule has 19 heavy (non-hydrogen) atoms. The second kappa shape index (κ2) is 6.18. The molecule has 2 aromatic rings. The number of hydrogen-bond acceptors (Lipinski definition) is 2. The lowest BCUT2D eigenvalue weighted by molar-refractivity contribution is 0.0689. The first-order valence-corrected chi connectivity index (χ1v) is 6.54. The monoisotopic (exact) mass is 258 g/mol. The summed E-state index contributed by atoms with van der Waals surface area (Å²) in [6, 6.07) is 11.8. The average molecular weight is 258 g/mol. The van der Waals surface area contributed by atoms with Crippen molar-refractivity contribution in [3.8, 4) is 0 Å². The molecule has 0 amide bonds. The molecule has 2 rings (SSSR count). The van der Waals surface area contributed by atoms with Crippen molar-refractivity contribution in [3.63, 3.8) is 0 Å². The predicted octanol–water partition coefficient (Wildman–Crippen LogP) is 2.78. The van der Waals surface area contributed by atoms with Crippen LogP contribution in [0.15, 0.2) is 36.4 Å². The summed E-state index contributed by atoms with van der Waals surface area (Å²) >= 11 is 0. The zero-order chi connectivity index (χ0) is 13.7. The average Bonchev–Trinajstić information content (AvgIpc) is 2.82. The first-order chi connectivity index (χ1) is 9.20. The molecule has 0 aliphatic carbocycles. The fraction of sp³-hybridized carbons (Fsp3) is 0.333. The molecule has 100 valence electrons. The van der Waals surface area contributed by atoms with Crippen LogP contribution in [-0.4, -0.2) is 20.9 Å². The molecule has 0 unspecified atom stereocenters. The van der Waals surface area contributed by atoms with Gasteiger partial charge in [0.25, 0.3) is 0 Å². The van der Waals surface area contributed by atoms with Crippen molar-refractivity contribution in [2.45, 2.75) is 32.7 Å². The maximum Gasteiger partial charge on any atom is 0.356 e. The van der Waals surface area contributed by atoms with Gasteiger partial charge in [-0.15, -0.1) is 0 Å². The molecule has 0 atom stereocenters. The van der Waals surface area contributed by atoms with Gasteiger partial charge in [-0.1, -0.05) is 43.7 Å². The Bertz CT molecular complexity index is 547. The molecular weight excluding hydrogens is 240 g/mol. The lowest BCUT2D eigenvalue weighted by Crippen LogP contribution is -2.08. The van der Waals surface area contributed by atoms with Gasteiger partial charge in [0.15, 0.2) is 5.69 Å². The van der Waals surface area contributed by atoms with Crippen LogP contribution < -0.4 is 0 Å². The van der Waals surface area contributed by atoms with Crippen LogP contribution in [-0.2, 0) is 19.4 Å². The van der Waals surface area contributed by atoms with Gasteiger partial charge in [0, 0.05) is 12.2 Å². The van der Waals surface area contributed by atoms with Crippen molar-refractivity contribution in [3.05, 3.63) is 53.3 Å². The molecule has 0 bridgehead atoms. The Balaban J connectivity index is 2.12. The van der Waals surface area contributed by atoms with Gasteiger partial charge in [-0.3, -0.25) is 4.68 Å². The van der Waals surface area contributed by atoms with Crippen LogP contribution in [0.25, 0.3) is 0 Å². The number of hydrogen-bond donors (Lipinski definition) is 1. The van der Waals surface area contributed by atoms with Gasteiger partial charge in [0.2, 0.25) is 0 Å². The number of carboxylic acid groups (broad SMARTS) is 1. The fourth-order valence-corrected chi connectivity index (χ4v) is 2.09. The fourth-order valence-electron chi connectivity index (χ4n) is 2.09. The van der Waals surface area contributed by atoms with Crippen LogP contribution in [0.4, 0.5) is 0 Å². The number of nitrogens with zero attached hydrogens (tertiary/aromatic N) is 2. The second-order valence-electron chi connectivity index (χ2n) is 4.53. The molecule has 0 aliphatic rings. The molecular formula is C15H18N2O2. The highest BCUT2D eigenvalue weighted by Crippen LogP contribution is 2.09. The summed E-state index contributed by atoms with van der Waals surface area (Å²) < 4.78 is 1.82. The Morgan fingerprint density at radius 1 is 1.26 bits per heavy atom. The van der Waals surface area contributed by atoms with Crippen LogP contribution in [0, 0.1) is 0 Å². The molecule has 0 radical (unpaired) electrons. The van der Waals surface area contributed by atoms with Crippen LogP contribution >= 0.6 is 0 Å². The van der Waals surface area contributed by atoms with Crippen LogP contribution in [0.5, 0.6) is 0 Å². The van der Waals surface area contributed by atoms with Crippen LogP contribution in [0.1, 0.15) is 35.1 Å². The summed E-state index contributed by atoms with van der Waals surface area (Å²) in [5.74, 6) is -0.962. The van der Waals surface area contributed by atoms with Gasteiger partial charge in [0.05, 0.1) is 0 Å². The molecule has 1 aromatic carbocycles. The van der Waals surface area contributed by atoms with Crippen molar-refractivity contribution in [1.29, 1.82) is 0 Å². The topological polar surface area (TPSA) is 55.1 Å². The third-order valence-electron chi connectivity index (χ3n) is 3.04. The van der Waals surface area contributed by atoms with Gasteiger partial charge >= 0.3 is 5.97 Å². The maximum absolute atomic E-state index is 11.0. The molecule has 1 aromatic heterocycles. The van der Waals surface area contributed by atoms with E-state index in [2.05, 4.69) is 24.2 Å². The van der Waals surface area contributed by atoms with E-state index in [1.165, 1.54) is 5.56 Å². The summed E-state index contributed by atoms with van der Waals surface area (Å²) in [6.45, 7) is 2.79. The van der Waals surface area contributed by atoms with E-state index < -0.39 is 5.97 Å². The van der Waals surface area contributed by atoms with Crippen LogP contribution in [0.3, 0.4) is 0 Å². The first-order valence-electron chi connectivity index (χ1n) is 6.54. The smallest absolute Gasteiger partial charge is 0.356 e. The van der Waals surface area contributed by atoms with E-state index in [1.54, 1.807) is 6.07 Å². The summed E-state index contributed by atoms with van der Waals surface area (Å²) in [5, 5.41) is 13.2. The van der Waals surface area contributed by atoms with E-state index in [9.17, 15) is 4.79 Å². The minimum atomic E-state index is -0.962. The molecule has 0 fully saturated rings. The Morgan fingerprint density at radius 3 is 2.63 bits per heavy atom. The molecule has 1 heterocycles. The minimum absolute atomic E-state index is 0.136. The summed E-state index contributed by atoms with van der Waals surface area (Å²) in [4.78, 5) is 11.0. The number of aromatic nitrogens is 2. The minimum Gasteiger partial charge on any atom is -0.476 e. The quantitative estimate of drug-likeness (QED) is 0.866. The van der Waals surface area contributed by atoms with E-state index >= 15 is 0 Å². The zero-order valence-electron chi connectivity index (χ0n) is 11.0. The Morgan fingerprint density at radius 2 is 2.00 bits per heavy atom. The van der Waals surface area contributed by atoms with Crippen molar-refractivity contribution in [2.24, 2.45) is 0 Å². The third-order valence-corrected chi connectivity index (χ3v) is 3.04. The van der Waals surface area contributed by atoms with Crippen molar-refractivity contribution in [2.75, 3.05) is 0 Å². The highest BCUT2D eigenvalue weighted by atomic mass is 16.4. The van der Waals surface area contributed by atoms with Crippen molar-refractivity contribution in [1.82, 2.24) is 9.78 Å². The van der Waals surface area contributed by atoms with Crippen molar-refractivity contribution < 1.29 is 9.90 Å². The third kappa shape index (κ3) is 3.44. The Hall–Kier alpha value is -2.10. The molecule has 4 nitrogen and oxygen atoms in total. The molecule has 0 saturated heterocycles. The first kappa shape index (κ1) is 13.3. The van der Waals surface area contributed by atoms with Gasteiger partial charge < -0.3 is 5.11 Å². The zero-order valence-corrected chi connectivity index (χ0v) is 11.0. The number of carboxylic acids is 1. The normalized spacial score (nSPS) is 10.6. The number of benzene rings is 1. The Labute approximate surface area is 112 Å². The van der Waals surface area contributed by atoms with Gasteiger partial charge in [-0.2, -0.15) is 5.10 Å². The Kier molecular flexibility index (Phi) is 4.34. The standard InChI is InChI=1S/C15H18N2O2/c1-2-6-13-11-14(15(18)19)16-17(13)10-9-12-7-4-3-5-8-12/h3-5,7-8,11H,2,6,9-10H2,1H3,(H,18,19). The number of carbonyl (C=O) groups is 1. The van der Waals surface area contributed by atoms with E-state index in [-0.39, 0.29) is 5.69 Å². The molecule has 0 aliphatic heterocycles. The predicted molar refractivity (Wildman–Crippen MR) is 73.3 cm³/mol. The highest BCUT2D eigenvalue weighted by molar-refractivity contribution is 5.85. The lowest BCUT2D eigenvalue weighted by Gasteiger charge is -2.06. The number of rotatable bonds is 6. The molecule has 0 saturated carbocycles. The van der Waals surface area contributed by atoms with Gasteiger partial charge in [-0.25, -0.2) is 4.79 Å². The summed E-state index contributed by atoms with van der Waals surface area (Å²) in [7, 11) is 0. The van der Waals surface area contributed by atoms with Crippen molar-refractivity contribution >= 4 is 5.97 Å². The lowest BCUT2D eigenvalue weighted by atomic mass is 10.1. The second-order valence-corrected chi connectivity index (χ2v) is 4.53. The molecule has 4 heteroatoms. The van der Waals surface area contributed by atoms with E-state index in [0.29, 0.717) is 6.54 Å². The number of aryl methyl sites for hydroxylation is 3. The maximum atomic E-state index is 11.0. The van der Waals surface area contributed by atoms with Gasteiger partial charge in [0.1, 0.15) is 0 Å². The van der Waals surface area contributed by atoms with Crippen LogP contribution in [0.2, 0.25) is 0 Å². The number of aromatic carboxylic acids is 1. The largest absolute Gasteiger partial charge is 0.476 e. The summed E-state index contributed by atoms with van der Waals surface area (Å²) in [5.41, 5.74) is 2.37. The molecule has 1 N–H and O–H groups in total. The SMILES string of the molecule is CCCc1cc(C(=O)O)nn1CCc1ccccc1. The summed E-state index contributed by atoms with van der Waals surface area (Å²) in [6.07, 6.45) is 2.70.